The number of anilines is 1. The van der Waals surface area contributed by atoms with E-state index in [1.165, 1.54) is 0 Å². The molecule has 9 nitrogen and oxygen atoms in total. The van der Waals surface area contributed by atoms with Crippen molar-refractivity contribution in [1.82, 2.24) is 15.6 Å². The maximum atomic E-state index is 12.7. The molecule has 0 radical (unpaired) electrons. The molecule has 1 aromatic heterocycles. The molecule has 1 unspecified atom stereocenters. The molecule has 0 bridgehead atoms. The van der Waals surface area contributed by atoms with Crippen LogP contribution >= 0.6 is 15.9 Å². The summed E-state index contributed by atoms with van der Waals surface area (Å²) < 4.78 is 11.2. The monoisotopic (exact) mass is 500 g/mol. The van der Waals surface area contributed by atoms with Crippen LogP contribution in [0.1, 0.15) is 60.8 Å². The SMILES string of the molecule is CC(C)(C)OC(=O)NCCCCC(NC(=O)OC(C)(C)C)C(=O)Nc1ccc(Br)cn1. The Morgan fingerprint density at radius 2 is 1.61 bits per heavy atom. The lowest BCUT2D eigenvalue weighted by Crippen LogP contribution is -2.46. The Hall–Kier alpha value is -2.36. The summed E-state index contributed by atoms with van der Waals surface area (Å²) in [6.07, 6.45) is 1.94. The van der Waals surface area contributed by atoms with Gasteiger partial charge in [-0.05, 0) is 88.9 Å². The predicted molar refractivity (Wildman–Crippen MR) is 122 cm³/mol. The van der Waals surface area contributed by atoms with Gasteiger partial charge < -0.3 is 25.4 Å². The van der Waals surface area contributed by atoms with Gasteiger partial charge >= 0.3 is 12.2 Å². The van der Waals surface area contributed by atoms with Gasteiger partial charge in [0.2, 0.25) is 5.91 Å². The molecule has 0 aliphatic rings. The largest absolute Gasteiger partial charge is 0.444 e. The van der Waals surface area contributed by atoms with Crippen LogP contribution < -0.4 is 16.0 Å². The number of nitrogens with zero attached hydrogens (tertiary/aromatic N) is 1. The van der Waals surface area contributed by atoms with Crippen LogP contribution in [0.15, 0.2) is 22.8 Å². The van der Waals surface area contributed by atoms with Gasteiger partial charge in [0.1, 0.15) is 23.1 Å². The Labute approximate surface area is 192 Å². The molecular weight excluding hydrogens is 468 g/mol. The van der Waals surface area contributed by atoms with E-state index >= 15 is 0 Å². The highest BCUT2D eigenvalue weighted by molar-refractivity contribution is 9.10. The number of nitrogens with one attached hydrogen (secondary N) is 3. The van der Waals surface area contributed by atoms with E-state index in [1.54, 1.807) is 59.9 Å². The normalized spacial score (nSPS) is 12.5. The smallest absolute Gasteiger partial charge is 0.408 e. The number of hydrogen-bond acceptors (Lipinski definition) is 6. The number of pyridine rings is 1. The molecule has 10 heteroatoms. The number of hydrogen-bond donors (Lipinski definition) is 3. The van der Waals surface area contributed by atoms with E-state index in [0.717, 1.165) is 4.47 Å². The van der Waals surface area contributed by atoms with Crippen molar-refractivity contribution in [1.29, 1.82) is 0 Å². The van der Waals surface area contributed by atoms with Gasteiger partial charge in [-0.15, -0.1) is 0 Å². The highest BCUT2D eigenvalue weighted by Crippen LogP contribution is 2.13. The van der Waals surface area contributed by atoms with Crippen LogP contribution in [0.5, 0.6) is 0 Å². The van der Waals surface area contributed by atoms with Crippen molar-refractivity contribution in [2.75, 3.05) is 11.9 Å². The fourth-order valence-corrected chi connectivity index (χ4v) is 2.59. The molecule has 3 amide bonds. The molecule has 3 N–H and O–H groups in total. The van der Waals surface area contributed by atoms with Crippen molar-refractivity contribution in [3.63, 3.8) is 0 Å². The maximum Gasteiger partial charge on any atom is 0.408 e. The summed E-state index contributed by atoms with van der Waals surface area (Å²) >= 11 is 3.29. The fourth-order valence-electron chi connectivity index (χ4n) is 2.36. The molecule has 174 valence electrons. The lowest BCUT2D eigenvalue weighted by atomic mass is 10.1. The topological polar surface area (TPSA) is 119 Å². The van der Waals surface area contributed by atoms with E-state index in [9.17, 15) is 14.4 Å². The zero-order chi connectivity index (χ0) is 23.7. The molecule has 0 spiro atoms. The first-order valence-electron chi connectivity index (χ1n) is 10.1. The van der Waals surface area contributed by atoms with E-state index in [-0.39, 0.29) is 0 Å². The van der Waals surface area contributed by atoms with Gasteiger partial charge in [-0.3, -0.25) is 4.79 Å². The van der Waals surface area contributed by atoms with E-state index in [1.807, 2.05) is 0 Å². The number of rotatable bonds is 8. The molecule has 0 saturated heterocycles. The number of carbonyl (C=O) groups is 3. The average Bonchev–Trinajstić information content (AvgIpc) is 2.59. The van der Waals surface area contributed by atoms with Crippen LogP contribution in [-0.4, -0.2) is 46.9 Å². The van der Waals surface area contributed by atoms with Crippen molar-refractivity contribution < 1.29 is 23.9 Å². The van der Waals surface area contributed by atoms with E-state index in [0.29, 0.717) is 31.6 Å². The Balaban J connectivity index is 2.61. The van der Waals surface area contributed by atoms with Crippen molar-refractivity contribution in [3.8, 4) is 0 Å². The van der Waals surface area contributed by atoms with Gasteiger partial charge in [0.15, 0.2) is 0 Å². The molecule has 0 aromatic carbocycles. The summed E-state index contributed by atoms with van der Waals surface area (Å²) in [6.45, 7) is 11.0. The van der Waals surface area contributed by atoms with Gasteiger partial charge in [-0.1, -0.05) is 0 Å². The summed E-state index contributed by atoms with van der Waals surface area (Å²) in [5.41, 5.74) is -1.25. The number of unbranched alkanes of at least 4 members (excludes halogenated alkanes) is 1. The highest BCUT2D eigenvalue weighted by Gasteiger charge is 2.24. The first-order valence-corrected chi connectivity index (χ1v) is 10.9. The van der Waals surface area contributed by atoms with Crippen molar-refractivity contribution in [3.05, 3.63) is 22.8 Å². The van der Waals surface area contributed by atoms with Crippen molar-refractivity contribution >= 4 is 39.8 Å². The number of carbonyl (C=O) groups excluding carboxylic acids is 3. The van der Waals surface area contributed by atoms with Crippen molar-refractivity contribution in [2.45, 2.75) is 78.0 Å². The Morgan fingerprint density at radius 3 is 2.16 bits per heavy atom. The number of amides is 3. The summed E-state index contributed by atoms with van der Waals surface area (Å²) in [5.74, 6) is -0.0310. The summed E-state index contributed by atoms with van der Waals surface area (Å²) in [5, 5.41) is 7.98. The average molecular weight is 501 g/mol. The zero-order valence-electron chi connectivity index (χ0n) is 19.0. The minimum absolute atomic E-state index is 0.359. The van der Waals surface area contributed by atoms with Gasteiger partial charge in [-0.2, -0.15) is 0 Å². The summed E-state index contributed by atoms with van der Waals surface area (Å²) in [7, 11) is 0. The van der Waals surface area contributed by atoms with Crippen LogP contribution in [0, 0.1) is 0 Å². The molecule has 1 heterocycles. The third-order valence-electron chi connectivity index (χ3n) is 3.57. The second-order valence-electron chi connectivity index (χ2n) is 8.97. The third kappa shape index (κ3) is 12.8. The van der Waals surface area contributed by atoms with Crippen LogP contribution in [0.4, 0.5) is 15.4 Å². The minimum Gasteiger partial charge on any atom is -0.444 e. The number of ether oxygens (including phenoxy) is 2. The quantitative estimate of drug-likeness (QED) is 0.456. The molecule has 0 aliphatic carbocycles. The first kappa shape index (κ1) is 26.7. The third-order valence-corrected chi connectivity index (χ3v) is 4.04. The summed E-state index contributed by atoms with van der Waals surface area (Å²) in [4.78, 5) is 40.7. The standard InChI is InChI=1S/C21H33BrN4O5/c1-20(2,3)30-18(28)23-12-8-7-9-15(25-19(29)31-21(4,5)6)17(27)26-16-11-10-14(22)13-24-16/h10-11,13,15H,7-9,12H2,1-6H3,(H,23,28)(H,25,29)(H,24,26,27). The minimum atomic E-state index is -0.818. The molecule has 31 heavy (non-hydrogen) atoms. The van der Waals surface area contributed by atoms with Crippen LogP contribution in [0.25, 0.3) is 0 Å². The number of aromatic nitrogens is 1. The van der Waals surface area contributed by atoms with Gasteiger partial charge in [0.25, 0.3) is 0 Å². The lowest BCUT2D eigenvalue weighted by Gasteiger charge is -2.23. The second kappa shape index (κ2) is 11.9. The number of alkyl carbamates (subject to hydrolysis) is 2. The molecule has 0 saturated carbocycles. The van der Waals surface area contributed by atoms with E-state index in [4.69, 9.17) is 9.47 Å². The first-order chi connectivity index (χ1) is 14.2. The summed E-state index contributed by atoms with van der Waals surface area (Å²) in [6, 6.07) is 2.58. The second-order valence-corrected chi connectivity index (χ2v) is 9.89. The van der Waals surface area contributed by atoms with E-state index in [2.05, 4.69) is 36.9 Å². The molecule has 0 fully saturated rings. The highest BCUT2D eigenvalue weighted by atomic mass is 79.9. The molecule has 0 aliphatic heterocycles. The number of halogens is 1. The van der Waals surface area contributed by atoms with Gasteiger partial charge in [-0.25, -0.2) is 14.6 Å². The fraction of sp³-hybridized carbons (Fsp3) is 0.619. The molecular formula is C21H33BrN4O5. The van der Waals surface area contributed by atoms with Crippen molar-refractivity contribution in [2.24, 2.45) is 0 Å². The Bertz CT molecular complexity index is 742. The van der Waals surface area contributed by atoms with Crippen LogP contribution in [0.2, 0.25) is 0 Å². The van der Waals surface area contributed by atoms with Crippen LogP contribution in [-0.2, 0) is 14.3 Å². The Morgan fingerprint density at radius 1 is 1.00 bits per heavy atom. The molecule has 1 rings (SSSR count). The zero-order valence-corrected chi connectivity index (χ0v) is 20.6. The van der Waals surface area contributed by atoms with Gasteiger partial charge in [0, 0.05) is 17.2 Å². The lowest BCUT2D eigenvalue weighted by molar-refractivity contribution is -0.118. The van der Waals surface area contributed by atoms with Gasteiger partial charge in [0.05, 0.1) is 0 Å². The maximum absolute atomic E-state index is 12.7. The molecule has 1 atom stereocenters. The Kier molecular flexibility index (Phi) is 10.2. The van der Waals surface area contributed by atoms with Crippen LogP contribution in [0.3, 0.4) is 0 Å². The van der Waals surface area contributed by atoms with E-state index < -0.39 is 35.3 Å². The molecule has 1 aromatic rings. The predicted octanol–water partition coefficient (Wildman–Crippen LogP) is 4.37.